The van der Waals surface area contributed by atoms with Crippen LogP contribution in [0.25, 0.3) is 5.69 Å². The van der Waals surface area contributed by atoms with Gasteiger partial charge < -0.3 is 4.90 Å². The molecule has 31 heavy (non-hydrogen) atoms. The number of hydrogen-bond donors (Lipinski definition) is 0. The van der Waals surface area contributed by atoms with Crippen molar-refractivity contribution >= 4 is 17.5 Å². The minimum absolute atomic E-state index is 0.218. The Bertz CT molecular complexity index is 1140. The molecule has 10 heteroatoms. The maximum absolute atomic E-state index is 13.3. The van der Waals surface area contributed by atoms with Crippen molar-refractivity contribution in [3.05, 3.63) is 75.8 Å². The standard InChI is InChI=1S/C21H17ClF4N4O/c1-11-10-17-19(27-28-30(17)14-8-6-13(23)7-9-14)12(2)29(11)20(31)15-4-3-5-16(18(15)22)21(24,25)26/h3-9,11-12H,10H2,1-2H3. The first-order valence-corrected chi connectivity index (χ1v) is 9.86. The molecule has 0 N–H and O–H groups in total. The van der Waals surface area contributed by atoms with Gasteiger partial charge in [0.2, 0.25) is 0 Å². The Labute approximate surface area is 180 Å². The van der Waals surface area contributed by atoms with Crippen molar-refractivity contribution in [1.82, 2.24) is 19.9 Å². The van der Waals surface area contributed by atoms with Crippen LogP contribution in [0.2, 0.25) is 5.02 Å². The number of alkyl halides is 3. The van der Waals surface area contributed by atoms with Crippen LogP contribution in [0.3, 0.4) is 0 Å². The fourth-order valence-corrected chi connectivity index (χ4v) is 4.26. The first-order chi connectivity index (χ1) is 14.6. The first kappa shape index (κ1) is 21.3. The molecule has 1 amide bonds. The highest BCUT2D eigenvalue weighted by Gasteiger charge is 2.40. The molecule has 0 fully saturated rings. The molecule has 2 heterocycles. The van der Waals surface area contributed by atoms with Crippen molar-refractivity contribution in [3.63, 3.8) is 0 Å². The molecule has 5 nitrogen and oxygen atoms in total. The normalized spacial score (nSPS) is 18.7. The average molecular weight is 453 g/mol. The molecular formula is C21H17ClF4N4O. The Balaban J connectivity index is 1.71. The van der Waals surface area contributed by atoms with Gasteiger partial charge in [-0.15, -0.1) is 5.10 Å². The molecule has 0 bridgehead atoms. The van der Waals surface area contributed by atoms with Crippen molar-refractivity contribution in [1.29, 1.82) is 0 Å². The number of halogens is 5. The lowest BCUT2D eigenvalue weighted by atomic mass is 9.96. The van der Waals surface area contributed by atoms with E-state index < -0.39 is 28.7 Å². The zero-order valence-electron chi connectivity index (χ0n) is 16.5. The fraction of sp³-hybridized carbons (Fsp3) is 0.286. The summed E-state index contributed by atoms with van der Waals surface area (Å²) in [4.78, 5) is 14.7. The number of carbonyl (C=O) groups excluding carboxylic acids is 1. The molecule has 1 aromatic heterocycles. The van der Waals surface area contributed by atoms with E-state index in [4.69, 9.17) is 11.6 Å². The van der Waals surface area contributed by atoms with E-state index in [0.717, 1.165) is 17.8 Å². The number of nitrogens with zero attached hydrogens (tertiary/aromatic N) is 4. The number of fused-ring (bicyclic) bond motifs is 1. The number of rotatable bonds is 2. The molecular weight excluding hydrogens is 436 g/mol. The molecule has 2 atom stereocenters. The molecule has 1 aliphatic rings. The van der Waals surface area contributed by atoms with E-state index >= 15 is 0 Å². The van der Waals surface area contributed by atoms with Gasteiger partial charge in [-0.3, -0.25) is 4.79 Å². The molecule has 0 saturated carbocycles. The van der Waals surface area contributed by atoms with Gasteiger partial charge in [-0.2, -0.15) is 13.2 Å². The van der Waals surface area contributed by atoms with Crippen molar-refractivity contribution in [2.24, 2.45) is 0 Å². The number of carbonyl (C=O) groups is 1. The van der Waals surface area contributed by atoms with Gasteiger partial charge in [0.05, 0.1) is 33.6 Å². The van der Waals surface area contributed by atoms with E-state index in [1.54, 1.807) is 30.7 Å². The van der Waals surface area contributed by atoms with Crippen molar-refractivity contribution in [2.45, 2.75) is 38.5 Å². The van der Waals surface area contributed by atoms with Crippen LogP contribution in [0.5, 0.6) is 0 Å². The maximum atomic E-state index is 13.3. The highest BCUT2D eigenvalue weighted by atomic mass is 35.5. The number of hydrogen-bond acceptors (Lipinski definition) is 3. The topological polar surface area (TPSA) is 51.0 Å². The molecule has 3 aromatic rings. The van der Waals surface area contributed by atoms with Gasteiger partial charge in [0.15, 0.2) is 0 Å². The summed E-state index contributed by atoms with van der Waals surface area (Å²) >= 11 is 5.97. The fourth-order valence-electron chi connectivity index (χ4n) is 3.94. The number of aromatic nitrogens is 3. The van der Waals surface area contributed by atoms with E-state index in [-0.39, 0.29) is 17.4 Å². The Morgan fingerprint density at radius 2 is 1.81 bits per heavy atom. The van der Waals surface area contributed by atoms with Crippen LogP contribution < -0.4 is 0 Å². The Hall–Kier alpha value is -2.94. The summed E-state index contributed by atoms with van der Waals surface area (Å²) < 4.78 is 54.5. The van der Waals surface area contributed by atoms with Gasteiger partial charge in [0.25, 0.3) is 5.91 Å². The second-order valence-electron chi connectivity index (χ2n) is 7.42. The minimum Gasteiger partial charge on any atom is -0.327 e. The SMILES string of the molecule is CC1Cc2c(nnn2-c2ccc(F)cc2)C(C)N1C(=O)c1cccc(C(F)(F)F)c1Cl. The van der Waals surface area contributed by atoms with Gasteiger partial charge >= 0.3 is 6.18 Å². The predicted molar refractivity (Wildman–Crippen MR) is 106 cm³/mol. The summed E-state index contributed by atoms with van der Waals surface area (Å²) in [6.45, 7) is 3.53. The van der Waals surface area contributed by atoms with Crippen LogP contribution in [-0.4, -0.2) is 31.8 Å². The number of amides is 1. The summed E-state index contributed by atoms with van der Waals surface area (Å²) in [6.07, 6.45) is -4.30. The molecule has 2 aromatic carbocycles. The largest absolute Gasteiger partial charge is 0.417 e. The van der Waals surface area contributed by atoms with Crippen molar-refractivity contribution in [3.8, 4) is 5.69 Å². The molecule has 2 unspecified atom stereocenters. The van der Waals surface area contributed by atoms with Gasteiger partial charge in [0.1, 0.15) is 11.5 Å². The van der Waals surface area contributed by atoms with Crippen LogP contribution in [0, 0.1) is 5.82 Å². The molecule has 0 radical (unpaired) electrons. The third-order valence-electron chi connectivity index (χ3n) is 5.41. The van der Waals surface area contributed by atoms with Gasteiger partial charge in [0, 0.05) is 12.5 Å². The van der Waals surface area contributed by atoms with E-state index in [9.17, 15) is 22.4 Å². The zero-order chi connectivity index (χ0) is 22.5. The highest BCUT2D eigenvalue weighted by molar-refractivity contribution is 6.34. The minimum atomic E-state index is -4.67. The molecule has 4 rings (SSSR count). The monoisotopic (exact) mass is 452 g/mol. The summed E-state index contributed by atoms with van der Waals surface area (Å²) in [5.41, 5.74) is 0.629. The third kappa shape index (κ3) is 3.67. The molecule has 0 saturated heterocycles. The summed E-state index contributed by atoms with van der Waals surface area (Å²) in [5, 5.41) is 7.71. The smallest absolute Gasteiger partial charge is 0.327 e. The Morgan fingerprint density at radius 3 is 2.45 bits per heavy atom. The number of benzene rings is 2. The lowest BCUT2D eigenvalue weighted by Gasteiger charge is -2.38. The van der Waals surface area contributed by atoms with Crippen molar-refractivity contribution in [2.75, 3.05) is 0 Å². The molecule has 1 aliphatic heterocycles. The second kappa shape index (κ2) is 7.64. The van der Waals surface area contributed by atoms with E-state index in [1.807, 2.05) is 0 Å². The Kier molecular flexibility index (Phi) is 5.25. The quantitative estimate of drug-likeness (QED) is 0.500. The third-order valence-corrected chi connectivity index (χ3v) is 5.82. The maximum Gasteiger partial charge on any atom is 0.417 e. The lowest BCUT2D eigenvalue weighted by molar-refractivity contribution is -0.137. The van der Waals surface area contributed by atoms with Crippen LogP contribution >= 0.6 is 11.6 Å². The summed E-state index contributed by atoms with van der Waals surface area (Å²) in [5.74, 6) is -0.993. The molecule has 0 aliphatic carbocycles. The van der Waals surface area contributed by atoms with Crippen LogP contribution in [0.1, 0.15) is 47.2 Å². The summed E-state index contributed by atoms with van der Waals surface area (Å²) in [6, 6.07) is 8.13. The second-order valence-corrected chi connectivity index (χ2v) is 7.79. The lowest BCUT2D eigenvalue weighted by Crippen LogP contribution is -2.45. The molecule has 0 spiro atoms. The van der Waals surface area contributed by atoms with Crippen LogP contribution in [0.4, 0.5) is 17.6 Å². The van der Waals surface area contributed by atoms with E-state index in [0.29, 0.717) is 17.8 Å². The van der Waals surface area contributed by atoms with Gasteiger partial charge in [-0.25, -0.2) is 9.07 Å². The predicted octanol–water partition coefficient (Wildman–Crippen LogP) is 5.23. The average Bonchev–Trinajstić information content (AvgIpc) is 3.11. The first-order valence-electron chi connectivity index (χ1n) is 9.48. The van der Waals surface area contributed by atoms with Crippen molar-refractivity contribution < 1.29 is 22.4 Å². The van der Waals surface area contributed by atoms with Gasteiger partial charge in [-0.1, -0.05) is 22.9 Å². The van der Waals surface area contributed by atoms with Gasteiger partial charge in [-0.05, 0) is 50.2 Å². The van der Waals surface area contributed by atoms with E-state index in [1.165, 1.54) is 23.1 Å². The van der Waals surface area contributed by atoms with E-state index in [2.05, 4.69) is 10.3 Å². The molecule has 162 valence electrons. The zero-order valence-corrected chi connectivity index (χ0v) is 17.2. The Morgan fingerprint density at radius 1 is 1.13 bits per heavy atom. The van der Waals surface area contributed by atoms with Crippen LogP contribution in [0.15, 0.2) is 42.5 Å². The summed E-state index contributed by atoms with van der Waals surface area (Å²) in [7, 11) is 0. The highest BCUT2D eigenvalue weighted by Crippen LogP contribution is 2.39. The van der Waals surface area contributed by atoms with Crippen LogP contribution in [-0.2, 0) is 12.6 Å².